The predicted molar refractivity (Wildman–Crippen MR) is 70.0 cm³/mol. The van der Waals surface area contributed by atoms with Crippen LogP contribution in [0.2, 0.25) is 0 Å². The van der Waals surface area contributed by atoms with E-state index in [0.29, 0.717) is 5.75 Å². The van der Waals surface area contributed by atoms with Crippen LogP contribution in [0.4, 0.5) is 0 Å². The Bertz CT molecular complexity index is 437. The summed E-state index contributed by atoms with van der Waals surface area (Å²) in [5.41, 5.74) is 0.962. The predicted octanol–water partition coefficient (Wildman–Crippen LogP) is 2.98. The van der Waals surface area contributed by atoms with Gasteiger partial charge < -0.3 is 14.7 Å². The highest BCUT2D eigenvalue weighted by molar-refractivity contribution is 5.74. The third-order valence-corrected chi connectivity index (χ3v) is 3.76. The largest absolute Gasteiger partial charge is 0.493 e. The topological polar surface area (TPSA) is 51.0 Å². The second kappa shape index (κ2) is 5.29. The minimum atomic E-state index is -0.158. The van der Waals surface area contributed by atoms with E-state index in [0.717, 1.165) is 37.0 Å². The first kappa shape index (κ1) is 12.7. The van der Waals surface area contributed by atoms with E-state index < -0.39 is 0 Å². The lowest BCUT2D eigenvalue weighted by atomic mass is 9.80. The van der Waals surface area contributed by atoms with Crippen LogP contribution in [0, 0.1) is 0 Å². The van der Waals surface area contributed by atoms with E-state index in [9.17, 15) is 0 Å². The molecule has 4 heteroatoms. The summed E-state index contributed by atoms with van der Waals surface area (Å²) in [6, 6.07) is 5.90. The van der Waals surface area contributed by atoms with Gasteiger partial charge in [-0.15, -0.1) is 5.16 Å². The highest BCUT2D eigenvalue weighted by atomic mass is 16.5. The van der Waals surface area contributed by atoms with Crippen molar-refractivity contribution in [3.8, 4) is 11.5 Å². The van der Waals surface area contributed by atoms with Crippen LogP contribution < -0.4 is 9.47 Å². The van der Waals surface area contributed by atoms with Crippen LogP contribution in [0.15, 0.2) is 23.4 Å². The number of rotatable bonds is 4. The van der Waals surface area contributed by atoms with Crippen molar-refractivity contribution in [1.29, 1.82) is 0 Å². The third kappa shape index (κ3) is 2.15. The van der Waals surface area contributed by atoms with Crippen molar-refractivity contribution in [2.24, 2.45) is 5.16 Å². The van der Waals surface area contributed by atoms with Gasteiger partial charge in [-0.1, -0.05) is 18.9 Å². The zero-order chi connectivity index (χ0) is 13.0. The molecule has 0 spiro atoms. The SMILES string of the molecule is COc1ccc(C2(/C=N/O)CCCC2)cc1OC. The Balaban J connectivity index is 2.42. The van der Waals surface area contributed by atoms with Crippen LogP contribution in [0.25, 0.3) is 0 Å². The lowest BCUT2D eigenvalue weighted by Gasteiger charge is -2.25. The quantitative estimate of drug-likeness (QED) is 0.507. The van der Waals surface area contributed by atoms with Gasteiger partial charge in [-0.3, -0.25) is 0 Å². The smallest absolute Gasteiger partial charge is 0.161 e. The fourth-order valence-corrected chi connectivity index (χ4v) is 2.75. The molecule has 98 valence electrons. The van der Waals surface area contributed by atoms with Crippen molar-refractivity contribution >= 4 is 6.21 Å². The Morgan fingerprint density at radius 2 is 1.83 bits per heavy atom. The van der Waals surface area contributed by atoms with Crippen molar-refractivity contribution in [1.82, 2.24) is 0 Å². The Labute approximate surface area is 107 Å². The highest BCUT2D eigenvalue weighted by Crippen LogP contribution is 2.42. The first-order chi connectivity index (χ1) is 8.75. The standard InChI is InChI=1S/C14H19NO3/c1-17-12-6-5-11(9-13(12)18-2)14(10-15-16)7-3-4-8-14/h5-6,9-10,16H,3-4,7-8H2,1-2H3/b15-10+. The van der Waals surface area contributed by atoms with Gasteiger partial charge in [0, 0.05) is 5.41 Å². The maximum Gasteiger partial charge on any atom is 0.161 e. The van der Waals surface area contributed by atoms with Crippen LogP contribution in [0.3, 0.4) is 0 Å². The molecule has 1 N–H and O–H groups in total. The highest BCUT2D eigenvalue weighted by Gasteiger charge is 2.35. The van der Waals surface area contributed by atoms with Gasteiger partial charge in [-0.05, 0) is 30.5 Å². The minimum Gasteiger partial charge on any atom is -0.493 e. The molecule has 1 aromatic rings. The Kier molecular flexibility index (Phi) is 3.75. The molecule has 0 amide bonds. The molecular formula is C14H19NO3. The van der Waals surface area contributed by atoms with Gasteiger partial charge in [0.1, 0.15) is 0 Å². The van der Waals surface area contributed by atoms with E-state index in [2.05, 4.69) is 5.16 Å². The lowest BCUT2D eigenvalue weighted by molar-refractivity contribution is 0.316. The molecule has 0 bridgehead atoms. The zero-order valence-corrected chi connectivity index (χ0v) is 10.8. The summed E-state index contributed by atoms with van der Waals surface area (Å²) < 4.78 is 10.6. The van der Waals surface area contributed by atoms with Crippen LogP contribution in [-0.4, -0.2) is 25.6 Å². The Morgan fingerprint density at radius 3 is 2.39 bits per heavy atom. The third-order valence-electron chi connectivity index (χ3n) is 3.76. The van der Waals surface area contributed by atoms with Crippen LogP contribution in [0.5, 0.6) is 11.5 Å². The minimum absolute atomic E-state index is 0.158. The van der Waals surface area contributed by atoms with Gasteiger partial charge in [-0.2, -0.15) is 0 Å². The molecule has 2 rings (SSSR count). The van der Waals surface area contributed by atoms with Gasteiger partial charge in [0.2, 0.25) is 0 Å². The fourth-order valence-electron chi connectivity index (χ4n) is 2.75. The molecule has 0 atom stereocenters. The monoisotopic (exact) mass is 249 g/mol. The van der Waals surface area contributed by atoms with Gasteiger partial charge in [0.05, 0.1) is 20.4 Å². The second-order valence-corrected chi connectivity index (χ2v) is 4.68. The van der Waals surface area contributed by atoms with Gasteiger partial charge >= 0.3 is 0 Å². The van der Waals surface area contributed by atoms with Crippen molar-refractivity contribution < 1.29 is 14.7 Å². The summed E-state index contributed by atoms with van der Waals surface area (Å²) in [5.74, 6) is 1.43. The maximum atomic E-state index is 8.89. The number of nitrogens with zero attached hydrogens (tertiary/aromatic N) is 1. The number of ether oxygens (including phenoxy) is 2. The summed E-state index contributed by atoms with van der Waals surface area (Å²) in [6.45, 7) is 0. The van der Waals surface area contributed by atoms with Crippen LogP contribution in [-0.2, 0) is 5.41 Å². The summed E-state index contributed by atoms with van der Waals surface area (Å²) in [6.07, 6.45) is 5.97. The molecule has 1 saturated carbocycles. The fraction of sp³-hybridized carbons (Fsp3) is 0.500. The average molecular weight is 249 g/mol. The number of hydrogen-bond acceptors (Lipinski definition) is 4. The molecule has 1 aliphatic carbocycles. The van der Waals surface area contributed by atoms with E-state index in [-0.39, 0.29) is 5.41 Å². The number of methoxy groups -OCH3 is 2. The summed E-state index contributed by atoms with van der Waals surface area (Å²) in [5, 5.41) is 12.2. The van der Waals surface area contributed by atoms with Crippen LogP contribution in [0.1, 0.15) is 31.2 Å². The molecule has 0 saturated heterocycles. The molecule has 0 aliphatic heterocycles. The second-order valence-electron chi connectivity index (χ2n) is 4.68. The first-order valence-corrected chi connectivity index (χ1v) is 6.17. The van der Waals surface area contributed by atoms with Crippen molar-refractivity contribution in [3.05, 3.63) is 23.8 Å². The zero-order valence-electron chi connectivity index (χ0n) is 10.8. The summed E-state index contributed by atoms with van der Waals surface area (Å²) in [4.78, 5) is 0. The molecule has 0 radical (unpaired) electrons. The van der Waals surface area contributed by atoms with Crippen molar-refractivity contribution in [2.75, 3.05) is 14.2 Å². The molecule has 4 nitrogen and oxygen atoms in total. The number of hydrogen-bond donors (Lipinski definition) is 1. The van der Waals surface area contributed by atoms with E-state index in [1.54, 1.807) is 20.4 Å². The molecule has 1 fully saturated rings. The molecular weight excluding hydrogens is 230 g/mol. The lowest BCUT2D eigenvalue weighted by Crippen LogP contribution is -2.24. The van der Waals surface area contributed by atoms with E-state index in [4.69, 9.17) is 14.7 Å². The van der Waals surface area contributed by atoms with Crippen molar-refractivity contribution in [2.45, 2.75) is 31.1 Å². The molecule has 18 heavy (non-hydrogen) atoms. The van der Waals surface area contributed by atoms with E-state index in [1.807, 2.05) is 18.2 Å². The maximum absolute atomic E-state index is 8.89. The first-order valence-electron chi connectivity index (χ1n) is 6.17. The molecule has 1 aromatic carbocycles. The van der Waals surface area contributed by atoms with Gasteiger partial charge in [-0.25, -0.2) is 0 Å². The average Bonchev–Trinajstić information content (AvgIpc) is 2.88. The normalized spacial score (nSPS) is 18.1. The summed E-state index contributed by atoms with van der Waals surface area (Å²) in [7, 11) is 3.25. The number of oxime groups is 1. The van der Waals surface area contributed by atoms with Gasteiger partial charge in [0.25, 0.3) is 0 Å². The van der Waals surface area contributed by atoms with E-state index in [1.165, 1.54) is 0 Å². The molecule has 0 heterocycles. The Hall–Kier alpha value is -1.71. The van der Waals surface area contributed by atoms with E-state index >= 15 is 0 Å². The molecule has 0 aromatic heterocycles. The van der Waals surface area contributed by atoms with Gasteiger partial charge in [0.15, 0.2) is 11.5 Å². The van der Waals surface area contributed by atoms with Crippen LogP contribution >= 0.6 is 0 Å². The van der Waals surface area contributed by atoms with Crippen molar-refractivity contribution in [3.63, 3.8) is 0 Å². The molecule has 1 aliphatic rings. The number of benzene rings is 1. The Morgan fingerprint density at radius 1 is 1.17 bits per heavy atom. The summed E-state index contributed by atoms with van der Waals surface area (Å²) >= 11 is 0. The molecule has 0 unspecified atom stereocenters.